The van der Waals surface area contributed by atoms with Crippen LogP contribution in [0.1, 0.15) is 45.3 Å². The first-order valence-corrected chi connectivity index (χ1v) is 13.3. The van der Waals surface area contributed by atoms with Crippen molar-refractivity contribution in [3.63, 3.8) is 0 Å². The predicted molar refractivity (Wildman–Crippen MR) is 133 cm³/mol. The van der Waals surface area contributed by atoms with Gasteiger partial charge in [-0.25, -0.2) is 18.1 Å². The van der Waals surface area contributed by atoms with E-state index in [1.165, 1.54) is 17.1 Å². The fourth-order valence-electron chi connectivity index (χ4n) is 5.16. The number of carbonyl (C=O) groups is 1. The molecule has 9 nitrogen and oxygen atoms in total. The van der Waals surface area contributed by atoms with Crippen LogP contribution in [-0.4, -0.2) is 49.6 Å². The second-order valence-electron chi connectivity index (χ2n) is 9.45. The molecule has 1 aromatic carbocycles. The Hall–Kier alpha value is -3.53. The van der Waals surface area contributed by atoms with Gasteiger partial charge in [0.2, 0.25) is 0 Å². The van der Waals surface area contributed by atoms with Gasteiger partial charge in [0.25, 0.3) is 5.56 Å². The summed E-state index contributed by atoms with van der Waals surface area (Å²) in [4.78, 5) is 30.8. The summed E-state index contributed by atoms with van der Waals surface area (Å²) in [5, 5.41) is 4.71. The number of nitrogens with zero attached hydrogens (tertiary/aromatic N) is 5. The van der Waals surface area contributed by atoms with E-state index >= 15 is 0 Å². The third-order valence-electron chi connectivity index (χ3n) is 6.68. The highest BCUT2D eigenvalue weighted by molar-refractivity contribution is 7.91. The second-order valence-corrected chi connectivity index (χ2v) is 11.7. The number of benzene rings is 1. The lowest BCUT2D eigenvalue weighted by molar-refractivity contribution is 0.0970. The van der Waals surface area contributed by atoms with Crippen molar-refractivity contribution in [3.8, 4) is 5.69 Å². The molecule has 182 valence electrons. The Morgan fingerprint density at radius 2 is 1.80 bits per heavy atom. The van der Waals surface area contributed by atoms with Crippen LogP contribution in [0.3, 0.4) is 0 Å². The normalized spacial score (nSPS) is 17.3. The number of hydrogen-bond acceptors (Lipinski definition) is 6. The molecule has 1 fully saturated rings. The number of ketones is 1. The van der Waals surface area contributed by atoms with E-state index in [2.05, 4.69) is 16.1 Å². The summed E-state index contributed by atoms with van der Waals surface area (Å²) in [6, 6.07) is 7.61. The first kappa shape index (κ1) is 23.2. The third kappa shape index (κ3) is 4.12. The number of fused-ring (bicyclic) bond motifs is 1. The number of Topliss-reactive ketones (excluding diaryl/α,β-unsaturated/α-hetero) is 1. The Bertz CT molecular complexity index is 1640. The van der Waals surface area contributed by atoms with Crippen molar-refractivity contribution in [2.24, 2.45) is 0 Å². The lowest BCUT2D eigenvalue weighted by Gasteiger charge is -2.16. The van der Waals surface area contributed by atoms with E-state index in [0.717, 1.165) is 28.2 Å². The van der Waals surface area contributed by atoms with Gasteiger partial charge < -0.3 is 4.57 Å². The first-order chi connectivity index (χ1) is 16.5. The first-order valence-electron chi connectivity index (χ1n) is 11.5. The fourth-order valence-corrected chi connectivity index (χ4v) is 6.86. The molecule has 0 amide bonds. The van der Waals surface area contributed by atoms with Gasteiger partial charge in [-0.3, -0.25) is 14.2 Å². The monoisotopic (exact) mass is 493 g/mol. The number of aryl methyl sites for hydroxylation is 3. The molecule has 3 aromatic heterocycles. The third-order valence-corrected chi connectivity index (χ3v) is 8.43. The standard InChI is InChI=1S/C25H27N5O4S/c1-15-7-16(2)9-20(8-15)30-24-22(11-27-30)25(32)28(14-26-24)12-23(31)21-10-17(3)29(18(21)4)19-5-6-35(33,34)13-19/h7-11,14,19H,5-6,12-13H2,1-4H3. The van der Waals surface area contributed by atoms with Crippen molar-refractivity contribution in [2.45, 2.75) is 46.7 Å². The van der Waals surface area contributed by atoms with Crippen LogP contribution in [-0.2, 0) is 16.4 Å². The number of hydrogen-bond donors (Lipinski definition) is 0. The predicted octanol–water partition coefficient (Wildman–Crippen LogP) is 2.86. The molecule has 1 aliphatic heterocycles. The molecule has 1 atom stereocenters. The zero-order valence-corrected chi connectivity index (χ0v) is 21.0. The number of carbonyl (C=O) groups excluding carboxylic acids is 1. The fraction of sp³-hybridized carbons (Fsp3) is 0.360. The molecule has 0 radical (unpaired) electrons. The quantitative estimate of drug-likeness (QED) is 0.396. The SMILES string of the molecule is Cc1cc(C)cc(-n2ncc3c(=O)n(CC(=O)c4cc(C)n(C5CCS(=O)(=O)C5)c4C)cnc32)c1. The summed E-state index contributed by atoms with van der Waals surface area (Å²) in [5.74, 6) is 0.0197. The summed E-state index contributed by atoms with van der Waals surface area (Å²) >= 11 is 0. The molecule has 10 heteroatoms. The van der Waals surface area contributed by atoms with E-state index < -0.39 is 9.84 Å². The second kappa shape index (κ2) is 8.30. The van der Waals surface area contributed by atoms with Crippen LogP contribution < -0.4 is 5.56 Å². The van der Waals surface area contributed by atoms with Gasteiger partial charge in [0.1, 0.15) is 11.7 Å². The van der Waals surface area contributed by atoms with Crippen LogP contribution in [0.15, 0.2) is 41.6 Å². The minimum atomic E-state index is -3.05. The molecule has 1 unspecified atom stereocenters. The van der Waals surface area contributed by atoms with E-state index in [9.17, 15) is 18.0 Å². The number of aromatic nitrogens is 5. The highest BCUT2D eigenvalue weighted by Gasteiger charge is 2.31. The highest BCUT2D eigenvalue weighted by atomic mass is 32.2. The molecule has 1 aliphatic rings. The molecule has 4 aromatic rings. The summed E-state index contributed by atoms with van der Waals surface area (Å²) in [7, 11) is -3.05. The van der Waals surface area contributed by atoms with Gasteiger partial charge >= 0.3 is 0 Å². The van der Waals surface area contributed by atoms with Gasteiger partial charge in [-0.15, -0.1) is 0 Å². The van der Waals surface area contributed by atoms with Gasteiger partial charge in [-0.05, 0) is 63.4 Å². The number of rotatable bonds is 5. The summed E-state index contributed by atoms with van der Waals surface area (Å²) in [6.07, 6.45) is 3.40. The largest absolute Gasteiger partial charge is 0.344 e. The van der Waals surface area contributed by atoms with Gasteiger partial charge in [-0.1, -0.05) is 6.07 Å². The smallest absolute Gasteiger partial charge is 0.264 e. The zero-order valence-electron chi connectivity index (χ0n) is 20.1. The lowest BCUT2D eigenvalue weighted by Crippen LogP contribution is -2.25. The Morgan fingerprint density at radius 3 is 2.46 bits per heavy atom. The molecule has 4 heterocycles. The van der Waals surface area contributed by atoms with Crippen molar-refractivity contribution < 1.29 is 13.2 Å². The average molecular weight is 494 g/mol. The molecule has 5 rings (SSSR count). The molecular formula is C25H27N5O4S. The molecule has 1 saturated heterocycles. The van der Waals surface area contributed by atoms with Crippen LogP contribution in [0.4, 0.5) is 0 Å². The summed E-state index contributed by atoms with van der Waals surface area (Å²) < 4.78 is 28.8. The van der Waals surface area contributed by atoms with Crippen molar-refractivity contribution in [1.82, 2.24) is 23.9 Å². The van der Waals surface area contributed by atoms with E-state index in [1.54, 1.807) is 10.7 Å². The molecule has 35 heavy (non-hydrogen) atoms. The number of sulfone groups is 1. The molecule has 0 N–H and O–H groups in total. The maximum absolute atomic E-state index is 13.2. The van der Waals surface area contributed by atoms with Crippen LogP contribution in [0.5, 0.6) is 0 Å². The van der Waals surface area contributed by atoms with Crippen molar-refractivity contribution in [2.75, 3.05) is 11.5 Å². The lowest BCUT2D eigenvalue weighted by atomic mass is 10.1. The van der Waals surface area contributed by atoms with Crippen LogP contribution >= 0.6 is 0 Å². The average Bonchev–Trinajstić information content (AvgIpc) is 3.44. The summed E-state index contributed by atoms with van der Waals surface area (Å²) in [6.45, 7) is 7.52. The molecule has 0 saturated carbocycles. The molecule has 0 aliphatic carbocycles. The Labute approximate surface area is 202 Å². The van der Waals surface area contributed by atoms with Crippen LogP contribution in [0.2, 0.25) is 0 Å². The van der Waals surface area contributed by atoms with E-state index in [1.807, 2.05) is 44.4 Å². The Kier molecular flexibility index (Phi) is 5.51. The molecule has 0 spiro atoms. The van der Waals surface area contributed by atoms with E-state index in [0.29, 0.717) is 23.0 Å². The van der Waals surface area contributed by atoms with Crippen molar-refractivity contribution in [3.05, 3.63) is 75.2 Å². The van der Waals surface area contributed by atoms with Crippen LogP contribution in [0, 0.1) is 27.7 Å². The van der Waals surface area contributed by atoms with Crippen LogP contribution in [0.25, 0.3) is 16.7 Å². The minimum Gasteiger partial charge on any atom is -0.344 e. The Morgan fingerprint density at radius 1 is 1.09 bits per heavy atom. The van der Waals surface area contributed by atoms with Gasteiger partial charge in [0, 0.05) is 23.0 Å². The molecular weight excluding hydrogens is 466 g/mol. The van der Waals surface area contributed by atoms with Crippen molar-refractivity contribution in [1.29, 1.82) is 0 Å². The van der Waals surface area contributed by atoms with E-state index in [-0.39, 0.29) is 35.4 Å². The van der Waals surface area contributed by atoms with Gasteiger partial charge in [0.15, 0.2) is 21.3 Å². The summed E-state index contributed by atoms with van der Waals surface area (Å²) in [5.41, 5.74) is 5.12. The minimum absolute atomic E-state index is 0.0848. The topological polar surface area (TPSA) is 109 Å². The van der Waals surface area contributed by atoms with E-state index in [4.69, 9.17) is 0 Å². The zero-order chi connectivity index (χ0) is 25.1. The maximum Gasteiger partial charge on any atom is 0.264 e. The van der Waals surface area contributed by atoms with Gasteiger partial charge in [-0.2, -0.15) is 5.10 Å². The van der Waals surface area contributed by atoms with Gasteiger partial charge in [0.05, 0.1) is 29.9 Å². The Balaban J connectivity index is 1.46. The van der Waals surface area contributed by atoms with Crippen molar-refractivity contribution >= 4 is 26.7 Å². The highest BCUT2D eigenvalue weighted by Crippen LogP contribution is 2.29. The molecule has 0 bridgehead atoms. The maximum atomic E-state index is 13.2.